The third-order valence-electron chi connectivity index (χ3n) is 7.58. The summed E-state index contributed by atoms with van der Waals surface area (Å²) in [6.07, 6.45) is -2.65. The summed E-state index contributed by atoms with van der Waals surface area (Å²) >= 11 is 0. The number of hydrogen-bond acceptors (Lipinski definition) is 6. The molecule has 3 atom stereocenters. The Kier molecular flexibility index (Phi) is 7.33. The molecule has 1 aliphatic rings. The first-order valence-electron chi connectivity index (χ1n) is 12.5. The Morgan fingerprint density at radius 2 is 1.70 bits per heavy atom. The lowest BCUT2D eigenvalue weighted by atomic mass is 9.96. The lowest BCUT2D eigenvalue weighted by Crippen LogP contribution is -2.59. The number of fused-ring (bicyclic) bond motifs is 1. The monoisotopic (exact) mass is 515 g/mol. The summed E-state index contributed by atoms with van der Waals surface area (Å²) in [5, 5.41) is 9.23. The third kappa shape index (κ3) is 4.82. The summed E-state index contributed by atoms with van der Waals surface area (Å²) in [7, 11) is 3.44. The van der Waals surface area contributed by atoms with Gasteiger partial charge in [-0.15, -0.1) is 0 Å². The zero-order chi connectivity index (χ0) is 27.1. The van der Waals surface area contributed by atoms with Crippen molar-refractivity contribution in [1.82, 2.24) is 24.0 Å². The van der Waals surface area contributed by atoms with E-state index in [-0.39, 0.29) is 24.5 Å². The van der Waals surface area contributed by atoms with Crippen molar-refractivity contribution in [2.45, 2.75) is 64.3 Å². The number of imidazole rings is 1. The average Bonchev–Trinajstić information content (AvgIpc) is 3.20. The molecule has 0 N–H and O–H groups in total. The van der Waals surface area contributed by atoms with Crippen molar-refractivity contribution in [3.63, 3.8) is 0 Å². The van der Waals surface area contributed by atoms with Crippen LogP contribution in [0.15, 0.2) is 29.1 Å². The van der Waals surface area contributed by atoms with Gasteiger partial charge in [-0.2, -0.15) is 23.4 Å². The van der Waals surface area contributed by atoms with E-state index in [1.54, 1.807) is 30.8 Å². The molecule has 0 amide bonds. The van der Waals surface area contributed by atoms with E-state index in [1.807, 2.05) is 6.92 Å². The van der Waals surface area contributed by atoms with Gasteiger partial charge in [0.2, 0.25) is 0 Å². The second kappa shape index (κ2) is 10.2. The quantitative estimate of drug-likeness (QED) is 0.490. The summed E-state index contributed by atoms with van der Waals surface area (Å²) in [6.45, 7) is 7.44. The number of alkyl halides is 3. The van der Waals surface area contributed by atoms with Gasteiger partial charge < -0.3 is 9.47 Å². The molecule has 8 nitrogen and oxygen atoms in total. The fourth-order valence-electron chi connectivity index (χ4n) is 5.37. The van der Waals surface area contributed by atoms with Crippen molar-refractivity contribution < 1.29 is 13.2 Å². The van der Waals surface area contributed by atoms with Crippen molar-refractivity contribution >= 4 is 17.0 Å². The summed E-state index contributed by atoms with van der Waals surface area (Å²) in [5.74, 6) is 1.08. The Bertz CT molecular complexity index is 1370. The highest BCUT2D eigenvalue weighted by atomic mass is 19.4. The van der Waals surface area contributed by atoms with Gasteiger partial charge in [0.1, 0.15) is 17.0 Å². The number of aryl methyl sites for hydroxylation is 2. The highest BCUT2D eigenvalue weighted by Crippen LogP contribution is 2.35. The van der Waals surface area contributed by atoms with Crippen molar-refractivity contribution in [1.29, 1.82) is 5.26 Å². The highest BCUT2D eigenvalue weighted by Gasteiger charge is 2.37. The second-order valence-corrected chi connectivity index (χ2v) is 9.64. The lowest BCUT2D eigenvalue weighted by molar-refractivity contribution is -0.137. The van der Waals surface area contributed by atoms with Crippen LogP contribution in [0, 0.1) is 11.3 Å². The largest absolute Gasteiger partial charge is 0.416 e. The number of hydrogen-bond donors (Lipinski definition) is 0. The van der Waals surface area contributed by atoms with Gasteiger partial charge in [-0.05, 0) is 37.5 Å². The van der Waals surface area contributed by atoms with Crippen molar-refractivity contribution in [3.8, 4) is 6.07 Å². The van der Waals surface area contributed by atoms with E-state index in [9.17, 15) is 23.2 Å². The predicted octanol–water partition coefficient (Wildman–Crippen LogP) is 4.19. The van der Waals surface area contributed by atoms with E-state index in [1.165, 1.54) is 4.57 Å². The van der Waals surface area contributed by atoms with E-state index in [0.29, 0.717) is 35.9 Å². The van der Waals surface area contributed by atoms with Crippen LogP contribution in [0.4, 0.5) is 19.0 Å². The molecule has 1 aliphatic heterocycles. The number of piperazine rings is 1. The van der Waals surface area contributed by atoms with E-state index in [2.05, 4.69) is 34.7 Å². The van der Waals surface area contributed by atoms with Crippen LogP contribution in [-0.4, -0.2) is 49.2 Å². The molecule has 0 spiro atoms. The Hall–Kier alpha value is -3.39. The molecule has 3 aromatic rings. The minimum atomic E-state index is -4.36. The smallest absolute Gasteiger partial charge is 0.349 e. The average molecular weight is 516 g/mol. The van der Waals surface area contributed by atoms with Crippen molar-refractivity contribution in [3.05, 3.63) is 51.7 Å². The second-order valence-electron chi connectivity index (χ2n) is 9.64. The number of benzene rings is 1. The number of nitriles is 1. The van der Waals surface area contributed by atoms with E-state index >= 15 is 0 Å². The Morgan fingerprint density at radius 3 is 2.27 bits per heavy atom. The maximum Gasteiger partial charge on any atom is 0.416 e. The van der Waals surface area contributed by atoms with E-state index in [4.69, 9.17) is 4.98 Å². The molecule has 198 valence electrons. The van der Waals surface area contributed by atoms with Crippen LogP contribution in [0.25, 0.3) is 11.2 Å². The maximum absolute atomic E-state index is 13.1. The molecule has 2 aromatic heterocycles. The van der Waals surface area contributed by atoms with Crippen molar-refractivity contribution in [2.75, 3.05) is 18.0 Å². The first-order chi connectivity index (χ1) is 17.5. The van der Waals surface area contributed by atoms with Gasteiger partial charge in [-0.3, -0.25) is 9.47 Å². The summed E-state index contributed by atoms with van der Waals surface area (Å²) in [5.41, 5.74) is 0.988. The van der Waals surface area contributed by atoms with Crippen molar-refractivity contribution in [2.24, 2.45) is 14.1 Å². The molecular formula is C26H32F3N7O. The first-order valence-corrected chi connectivity index (χ1v) is 12.5. The molecule has 11 heteroatoms. The van der Waals surface area contributed by atoms with Gasteiger partial charge in [0.15, 0.2) is 5.82 Å². The zero-order valence-electron chi connectivity index (χ0n) is 21.7. The van der Waals surface area contributed by atoms with Gasteiger partial charge in [0, 0.05) is 45.3 Å². The molecule has 0 bridgehead atoms. The molecule has 4 rings (SSSR count). The molecule has 0 saturated carbocycles. The molecule has 1 aromatic carbocycles. The maximum atomic E-state index is 13.1. The van der Waals surface area contributed by atoms with E-state index in [0.717, 1.165) is 30.5 Å². The zero-order valence-corrected chi connectivity index (χ0v) is 21.7. The van der Waals surface area contributed by atoms with Gasteiger partial charge in [0.05, 0.1) is 18.1 Å². The normalized spacial score (nSPS) is 19.8. The van der Waals surface area contributed by atoms with Crippen LogP contribution in [0.1, 0.15) is 56.6 Å². The summed E-state index contributed by atoms with van der Waals surface area (Å²) in [6, 6.07) is 7.54. The lowest BCUT2D eigenvalue weighted by Gasteiger charge is -2.49. The fraction of sp³-hybridized carbons (Fsp3) is 0.538. The summed E-state index contributed by atoms with van der Waals surface area (Å²) < 4.78 is 42.4. The Balaban J connectivity index is 1.71. The Morgan fingerprint density at radius 1 is 1.05 bits per heavy atom. The van der Waals surface area contributed by atoms with Crippen LogP contribution in [0.5, 0.6) is 0 Å². The fourth-order valence-corrected chi connectivity index (χ4v) is 5.37. The Labute approximate surface area is 213 Å². The number of halogens is 3. The predicted molar refractivity (Wildman–Crippen MR) is 135 cm³/mol. The van der Waals surface area contributed by atoms with Crippen LogP contribution in [-0.2, 0) is 26.7 Å². The number of aromatic nitrogens is 4. The minimum absolute atomic E-state index is 0.0175. The topological polar surface area (TPSA) is 83.0 Å². The third-order valence-corrected chi connectivity index (χ3v) is 7.58. The van der Waals surface area contributed by atoms with Gasteiger partial charge in [-0.25, -0.2) is 9.78 Å². The van der Waals surface area contributed by atoms with Gasteiger partial charge in [-0.1, -0.05) is 26.0 Å². The number of nitrogens with zero attached hydrogens (tertiary/aromatic N) is 7. The standard InChI is InChI=1S/C26H32F3N7O/c1-6-19-15-36(23-22-24(34(5)25(37)32-23)33(4)21(31-22)12-13-30)20(7-2)14-35(19)16(3)17-8-10-18(11-9-17)26(27,28)29/h8-11,16,19-20H,6-7,12,14-15H2,1-5H3/t16?,19-,20+/m1/s1. The number of rotatable bonds is 6. The number of anilines is 1. The molecule has 37 heavy (non-hydrogen) atoms. The highest BCUT2D eigenvalue weighted by molar-refractivity contribution is 5.84. The van der Waals surface area contributed by atoms with Crippen LogP contribution < -0.4 is 10.6 Å². The van der Waals surface area contributed by atoms with Crippen LogP contribution in [0.3, 0.4) is 0 Å². The van der Waals surface area contributed by atoms with Crippen LogP contribution in [0.2, 0.25) is 0 Å². The molecule has 1 fully saturated rings. The van der Waals surface area contributed by atoms with E-state index < -0.39 is 17.4 Å². The molecular weight excluding hydrogens is 483 g/mol. The van der Waals surface area contributed by atoms with Gasteiger partial charge >= 0.3 is 11.9 Å². The summed E-state index contributed by atoms with van der Waals surface area (Å²) in [4.78, 5) is 26.5. The first kappa shape index (κ1) is 26.7. The SMILES string of the molecule is CC[C@H]1CN(C(C)c2ccc(C(F)(F)F)cc2)[C@H](CC)CN1c1nc(=O)n(C)c2c1nc(CC#N)n2C. The van der Waals surface area contributed by atoms with Crippen LogP contribution >= 0.6 is 0 Å². The molecule has 3 heterocycles. The van der Waals surface area contributed by atoms with Gasteiger partial charge in [0.25, 0.3) is 0 Å². The molecule has 0 aliphatic carbocycles. The molecule has 1 unspecified atom stereocenters. The minimum Gasteiger partial charge on any atom is -0.349 e. The molecule has 0 radical (unpaired) electrons. The molecule has 1 saturated heterocycles.